The molecule has 1 atom stereocenters. The van der Waals surface area contributed by atoms with Crippen LogP contribution in [-0.2, 0) is 10.0 Å². The number of nitrogens with zero attached hydrogens (tertiary/aromatic N) is 2. The Balaban J connectivity index is 2.63. The number of nitrogens with one attached hydrogen (secondary N) is 1. The molecule has 29 heavy (non-hydrogen) atoms. The van der Waals surface area contributed by atoms with Crippen LogP contribution in [0.5, 0.6) is 5.75 Å². The number of hydrogen-bond donors (Lipinski definition) is 2. The molecule has 0 aliphatic carbocycles. The van der Waals surface area contributed by atoms with Gasteiger partial charge in [-0.05, 0) is 25.1 Å². The number of ether oxygens (including phenoxy) is 1. The van der Waals surface area contributed by atoms with Gasteiger partial charge >= 0.3 is 0 Å². The molecule has 2 N–H and O–H groups in total. The van der Waals surface area contributed by atoms with E-state index in [0.717, 1.165) is 20.8 Å². The van der Waals surface area contributed by atoms with Gasteiger partial charge in [0.05, 0.1) is 37.6 Å². The molecule has 10 heteroatoms. The maximum Gasteiger partial charge on any atom is 0.271 e. The van der Waals surface area contributed by atoms with Crippen LogP contribution in [0.15, 0.2) is 47.4 Å². The highest BCUT2D eigenvalue weighted by molar-refractivity contribution is 7.92. The van der Waals surface area contributed by atoms with E-state index in [1.54, 1.807) is 12.1 Å². The molecule has 0 saturated heterocycles. The van der Waals surface area contributed by atoms with Crippen LogP contribution < -0.4 is 13.9 Å². The first-order chi connectivity index (χ1) is 13.6. The highest BCUT2D eigenvalue weighted by atomic mass is 32.2. The number of benzene rings is 2. The average Bonchev–Trinajstić information content (AvgIpc) is 2.65. The molecule has 0 saturated carbocycles. The molecule has 0 aliphatic rings. The lowest BCUT2D eigenvalue weighted by Crippen LogP contribution is -3.07. The maximum absolute atomic E-state index is 13.4. The molecule has 0 radical (unpaired) electrons. The summed E-state index contributed by atoms with van der Waals surface area (Å²) >= 11 is 0. The third kappa shape index (κ3) is 5.43. The van der Waals surface area contributed by atoms with E-state index in [1.165, 1.54) is 31.4 Å². The smallest absolute Gasteiger partial charge is 0.271 e. The van der Waals surface area contributed by atoms with Crippen LogP contribution in [-0.4, -0.2) is 58.8 Å². The second-order valence-electron chi connectivity index (χ2n) is 7.03. The molecule has 0 fully saturated rings. The molecule has 2 aromatic rings. The molecule has 2 rings (SSSR count). The van der Waals surface area contributed by atoms with E-state index >= 15 is 0 Å². The van der Waals surface area contributed by atoms with Crippen molar-refractivity contribution in [3.05, 3.63) is 58.1 Å². The van der Waals surface area contributed by atoms with Crippen molar-refractivity contribution in [2.45, 2.75) is 17.9 Å². The van der Waals surface area contributed by atoms with Crippen LogP contribution in [0.2, 0.25) is 0 Å². The fourth-order valence-corrected chi connectivity index (χ4v) is 4.38. The largest absolute Gasteiger partial charge is 0.495 e. The normalized spacial score (nSPS) is 12.6. The minimum Gasteiger partial charge on any atom is -0.495 e. The molecule has 0 unspecified atom stereocenters. The SMILES string of the molecule is COc1ccc([N+](=O)[O-])cc1N(C[C@H](O)C[NH+](C)C)S(=O)(=O)c1ccc(C)cc1. The van der Waals surface area contributed by atoms with E-state index in [2.05, 4.69) is 0 Å². The molecule has 0 aliphatic heterocycles. The van der Waals surface area contributed by atoms with Crippen LogP contribution in [0.3, 0.4) is 0 Å². The summed E-state index contributed by atoms with van der Waals surface area (Å²) in [5.41, 5.74) is 0.604. The van der Waals surface area contributed by atoms with Gasteiger partial charge in [-0.3, -0.25) is 14.4 Å². The van der Waals surface area contributed by atoms with Gasteiger partial charge in [-0.1, -0.05) is 17.7 Å². The summed E-state index contributed by atoms with van der Waals surface area (Å²) in [5, 5.41) is 21.7. The second kappa shape index (κ2) is 9.21. The fraction of sp³-hybridized carbons (Fsp3) is 0.368. The number of anilines is 1. The van der Waals surface area contributed by atoms with Crippen LogP contribution >= 0.6 is 0 Å². The topological polar surface area (TPSA) is 114 Å². The number of aliphatic hydroxyl groups excluding tert-OH is 1. The van der Waals surface area contributed by atoms with E-state index in [-0.39, 0.29) is 35.1 Å². The van der Waals surface area contributed by atoms with Crippen molar-refractivity contribution in [2.75, 3.05) is 38.6 Å². The van der Waals surface area contributed by atoms with Crippen molar-refractivity contribution in [1.82, 2.24) is 0 Å². The van der Waals surface area contributed by atoms with E-state index in [1.807, 2.05) is 21.0 Å². The quantitative estimate of drug-likeness (QED) is 0.450. The van der Waals surface area contributed by atoms with Crippen molar-refractivity contribution < 1.29 is 28.1 Å². The van der Waals surface area contributed by atoms with Crippen LogP contribution in [0.1, 0.15) is 5.56 Å². The van der Waals surface area contributed by atoms with Crippen LogP contribution in [0.4, 0.5) is 11.4 Å². The summed E-state index contributed by atoms with van der Waals surface area (Å²) in [5.74, 6) is 0.149. The first-order valence-corrected chi connectivity index (χ1v) is 10.4. The van der Waals surface area contributed by atoms with Gasteiger partial charge < -0.3 is 14.7 Å². The third-order valence-corrected chi connectivity index (χ3v) is 6.07. The summed E-state index contributed by atoms with van der Waals surface area (Å²) in [4.78, 5) is 11.6. The van der Waals surface area contributed by atoms with Gasteiger partial charge in [-0.25, -0.2) is 8.42 Å². The number of likely N-dealkylation sites (N-methyl/N-ethyl adjacent to an activating group) is 1. The molecule has 0 aromatic heterocycles. The Morgan fingerprint density at radius 3 is 2.34 bits per heavy atom. The number of nitro groups is 1. The average molecular weight is 424 g/mol. The molecule has 9 nitrogen and oxygen atoms in total. The predicted octanol–water partition coefficient (Wildman–Crippen LogP) is 0.613. The third-order valence-electron chi connectivity index (χ3n) is 4.27. The lowest BCUT2D eigenvalue weighted by Gasteiger charge is -2.28. The van der Waals surface area contributed by atoms with Gasteiger partial charge in [-0.2, -0.15) is 0 Å². The number of non-ortho nitro benzene ring substituents is 1. The summed E-state index contributed by atoms with van der Waals surface area (Å²) in [6.07, 6.45) is -0.996. The van der Waals surface area contributed by atoms with Crippen molar-refractivity contribution in [2.24, 2.45) is 0 Å². The van der Waals surface area contributed by atoms with Gasteiger partial charge in [0.2, 0.25) is 0 Å². The number of hydrogen-bond acceptors (Lipinski definition) is 6. The molecule has 158 valence electrons. The van der Waals surface area contributed by atoms with E-state index in [9.17, 15) is 23.6 Å². The highest BCUT2D eigenvalue weighted by Gasteiger charge is 2.31. The van der Waals surface area contributed by atoms with Gasteiger partial charge in [0.15, 0.2) is 0 Å². The van der Waals surface area contributed by atoms with Crippen molar-refractivity contribution in [1.29, 1.82) is 0 Å². The number of aliphatic hydroxyl groups is 1. The lowest BCUT2D eigenvalue weighted by molar-refractivity contribution is -0.861. The van der Waals surface area contributed by atoms with Gasteiger partial charge in [-0.15, -0.1) is 0 Å². The Bertz CT molecular complexity index is 960. The fourth-order valence-electron chi connectivity index (χ4n) is 2.88. The molecular weight excluding hydrogens is 398 g/mol. The van der Waals surface area contributed by atoms with Crippen molar-refractivity contribution >= 4 is 21.4 Å². The molecule has 2 aromatic carbocycles. The zero-order valence-corrected chi connectivity index (χ0v) is 17.6. The summed E-state index contributed by atoms with van der Waals surface area (Å²) in [6, 6.07) is 9.97. The summed E-state index contributed by atoms with van der Waals surface area (Å²) in [7, 11) is 0.892. The van der Waals surface area contributed by atoms with E-state index < -0.39 is 21.1 Å². The Morgan fingerprint density at radius 2 is 1.83 bits per heavy atom. The minimum absolute atomic E-state index is 0.00455. The van der Waals surface area contributed by atoms with Gasteiger partial charge in [0.25, 0.3) is 15.7 Å². The van der Waals surface area contributed by atoms with E-state index in [4.69, 9.17) is 4.74 Å². The number of sulfonamides is 1. The van der Waals surface area contributed by atoms with E-state index in [0.29, 0.717) is 0 Å². The second-order valence-corrected chi connectivity index (χ2v) is 8.89. The molecule has 0 heterocycles. The Kier molecular flexibility index (Phi) is 7.17. The Hall–Kier alpha value is -2.69. The zero-order valence-electron chi connectivity index (χ0n) is 16.8. The number of methoxy groups -OCH3 is 1. The Labute approximate surface area is 170 Å². The highest BCUT2D eigenvalue weighted by Crippen LogP contribution is 2.35. The maximum atomic E-state index is 13.4. The standard InChI is InChI=1S/C19H25N3O6S/c1-14-5-8-17(9-6-14)29(26,27)21(13-16(23)12-20(2)3)18-11-15(22(24)25)7-10-19(18)28-4/h5-11,16,23H,12-13H2,1-4H3/p+1/t16-/m1/s1. The van der Waals surface area contributed by atoms with Crippen molar-refractivity contribution in [3.8, 4) is 5.75 Å². The monoisotopic (exact) mass is 424 g/mol. The van der Waals surface area contributed by atoms with Gasteiger partial charge in [0, 0.05) is 12.1 Å². The zero-order chi connectivity index (χ0) is 21.8. The molecule has 0 amide bonds. The lowest BCUT2D eigenvalue weighted by atomic mass is 10.2. The summed E-state index contributed by atoms with van der Waals surface area (Å²) in [6.45, 7) is 1.84. The number of quaternary nitrogens is 1. The first kappa shape index (κ1) is 22.6. The van der Waals surface area contributed by atoms with Crippen LogP contribution in [0, 0.1) is 17.0 Å². The molecule has 0 spiro atoms. The predicted molar refractivity (Wildman–Crippen MR) is 109 cm³/mol. The Morgan fingerprint density at radius 1 is 1.21 bits per heavy atom. The van der Waals surface area contributed by atoms with Gasteiger partial charge in [0.1, 0.15) is 24.1 Å². The number of nitro benzene ring substituents is 1. The van der Waals surface area contributed by atoms with Crippen molar-refractivity contribution in [3.63, 3.8) is 0 Å². The summed E-state index contributed by atoms with van der Waals surface area (Å²) < 4.78 is 33.0. The van der Waals surface area contributed by atoms with Crippen LogP contribution in [0.25, 0.3) is 0 Å². The minimum atomic E-state index is -4.12. The molecule has 0 bridgehead atoms. The number of rotatable bonds is 9. The number of aryl methyl sites for hydroxylation is 1. The molecular formula is C19H26N3O6S+. The first-order valence-electron chi connectivity index (χ1n) is 8.95.